The highest BCUT2D eigenvalue weighted by molar-refractivity contribution is 5.95. The standard InChI is InChI=1S/C16H19N3O4/c1-10(2)18-16(22)19-14(20)9-23-15(21)7-11-8-17-13-6-4-3-5-12(11)13/h3-6,8,10,17H,7,9H2,1-2H3,(H2,18,19,20,22). The maximum Gasteiger partial charge on any atom is 0.321 e. The van der Waals surface area contributed by atoms with Crippen molar-refractivity contribution < 1.29 is 19.1 Å². The SMILES string of the molecule is CC(C)NC(=O)NC(=O)COC(=O)Cc1c[nH]c2ccccc12. The van der Waals surface area contributed by atoms with E-state index in [1.807, 2.05) is 24.3 Å². The van der Waals surface area contributed by atoms with Crippen LogP contribution in [0.15, 0.2) is 30.5 Å². The number of carbonyl (C=O) groups is 3. The number of aromatic nitrogens is 1. The van der Waals surface area contributed by atoms with Gasteiger partial charge in [0.15, 0.2) is 6.61 Å². The van der Waals surface area contributed by atoms with Crippen LogP contribution >= 0.6 is 0 Å². The number of urea groups is 1. The fourth-order valence-corrected chi connectivity index (χ4v) is 2.09. The van der Waals surface area contributed by atoms with Crippen LogP contribution in [-0.2, 0) is 20.7 Å². The summed E-state index contributed by atoms with van der Waals surface area (Å²) in [5.41, 5.74) is 1.72. The molecular weight excluding hydrogens is 298 g/mol. The highest BCUT2D eigenvalue weighted by Crippen LogP contribution is 2.18. The van der Waals surface area contributed by atoms with Gasteiger partial charge in [0.1, 0.15) is 0 Å². The van der Waals surface area contributed by atoms with Gasteiger partial charge in [0.2, 0.25) is 0 Å². The zero-order chi connectivity index (χ0) is 16.8. The lowest BCUT2D eigenvalue weighted by molar-refractivity contribution is -0.147. The third-order valence-electron chi connectivity index (χ3n) is 3.05. The van der Waals surface area contributed by atoms with Crippen molar-refractivity contribution in [3.8, 4) is 0 Å². The number of benzene rings is 1. The van der Waals surface area contributed by atoms with Crippen LogP contribution in [0.2, 0.25) is 0 Å². The second-order valence-corrected chi connectivity index (χ2v) is 5.37. The summed E-state index contributed by atoms with van der Waals surface area (Å²) >= 11 is 0. The summed E-state index contributed by atoms with van der Waals surface area (Å²) in [6.07, 6.45) is 1.79. The predicted molar refractivity (Wildman–Crippen MR) is 84.8 cm³/mol. The monoisotopic (exact) mass is 317 g/mol. The van der Waals surface area contributed by atoms with E-state index < -0.39 is 24.5 Å². The topological polar surface area (TPSA) is 100 Å². The Morgan fingerprint density at radius 2 is 1.96 bits per heavy atom. The molecule has 0 aliphatic heterocycles. The Hall–Kier alpha value is -2.83. The third kappa shape index (κ3) is 4.84. The summed E-state index contributed by atoms with van der Waals surface area (Å²) in [6.45, 7) is 3.04. The summed E-state index contributed by atoms with van der Waals surface area (Å²) in [4.78, 5) is 37.7. The first kappa shape index (κ1) is 16.5. The second kappa shape index (κ2) is 7.44. The van der Waals surface area contributed by atoms with Crippen molar-refractivity contribution in [3.05, 3.63) is 36.0 Å². The zero-order valence-corrected chi connectivity index (χ0v) is 13.0. The Balaban J connectivity index is 1.81. The van der Waals surface area contributed by atoms with Gasteiger partial charge in [-0.2, -0.15) is 0 Å². The molecule has 1 aromatic carbocycles. The van der Waals surface area contributed by atoms with Crippen molar-refractivity contribution in [1.29, 1.82) is 0 Å². The number of esters is 1. The molecule has 7 heteroatoms. The molecule has 0 spiro atoms. The number of nitrogens with one attached hydrogen (secondary N) is 3. The van der Waals surface area contributed by atoms with E-state index in [0.29, 0.717) is 0 Å². The van der Waals surface area contributed by atoms with Gasteiger partial charge in [0.05, 0.1) is 6.42 Å². The number of fused-ring (bicyclic) bond motifs is 1. The van der Waals surface area contributed by atoms with E-state index in [4.69, 9.17) is 4.74 Å². The van der Waals surface area contributed by atoms with Crippen LogP contribution in [0.5, 0.6) is 0 Å². The molecule has 0 atom stereocenters. The Bertz CT molecular complexity index is 721. The summed E-state index contributed by atoms with van der Waals surface area (Å²) in [6, 6.07) is 6.88. The molecule has 0 aliphatic carbocycles. The molecule has 7 nitrogen and oxygen atoms in total. The van der Waals surface area contributed by atoms with E-state index >= 15 is 0 Å². The lowest BCUT2D eigenvalue weighted by Crippen LogP contribution is -2.44. The number of imide groups is 1. The van der Waals surface area contributed by atoms with Gasteiger partial charge in [-0.15, -0.1) is 0 Å². The normalized spacial score (nSPS) is 10.6. The Morgan fingerprint density at radius 1 is 1.22 bits per heavy atom. The molecule has 3 N–H and O–H groups in total. The van der Waals surface area contributed by atoms with Gasteiger partial charge in [0.25, 0.3) is 5.91 Å². The average molecular weight is 317 g/mol. The molecule has 3 amide bonds. The minimum atomic E-state index is -0.671. The van der Waals surface area contributed by atoms with Gasteiger partial charge in [-0.05, 0) is 25.5 Å². The molecule has 0 bridgehead atoms. The smallest absolute Gasteiger partial charge is 0.321 e. The lowest BCUT2D eigenvalue weighted by atomic mass is 10.1. The minimum Gasteiger partial charge on any atom is -0.455 e. The molecular formula is C16H19N3O4. The molecule has 0 aliphatic rings. The number of aromatic amines is 1. The highest BCUT2D eigenvalue weighted by Gasteiger charge is 2.13. The summed E-state index contributed by atoms with van der Waals surface area (Å²) < 4.78 is 4.89. The predicted octanol–water partition coefficient (Wildman–Crippen LogP) is 1.49. The first-order chi connectivity index (χ1) is 11.0. The van der Waals surface area contributed by atoms with Crippen LogP contribution < -0.4 is 10.6 Å². The maximum absolute atomic E-state index is 11.8. The molecule has 2 rings (SSSR count). The Labute approximate surface area is 133 Å². The maximum atomic E-state index is 11.8. The number of hydrogen-bond acceptors (Lipinski definition) is 4. The van der Waals surface area contributed by atoms with Crippen molar-refractivity contribution in [2.75, 3.05) is 6.61 Å². The van der Waals surface area contributed by atoms with Crippen molar-refractivity contribution in [1.82, 2.24) is 15.6 Å². The van der Waals surface area contributed by atoms with E-state index in [9.17, 15) is 14.4 Å². The number of para-hydroxylation sites is 1. The van der Waals surface area contributed by atoms with E-state index in [0.717, 1.165) is 16.5 Å². The molecule has 0 fully saturated rings. The fourth-order valence-electron chi connectivity index (χ4n) is 2.09. The van der Waals surface area contributed by atoms with E-state index in [1.165, 1.54) is 0 Å². The van der Waals surface area contributed by atoms with Crippen molar-refractivity contribution in [2.24, 2.45) is 0 Å². The molecule has 1 aromatic heterocycles. The molecule has 2 aromatic rings. The number of amides is 3. The van der Waals surface area contributed by atoms with Gasteiger partial charge in [-0.3, -0.25) is 14.9 Å². The number of hydrogen-bond donors (Lipinski definition) is 3. The summed E-state index contributed by atoms with van der Waals surface area (Å²) in [5, 5.41) is 5.52. The highest BCUT2D eigenvalue weighted by atomic mass is 16.5. The molecule has 0 saturated heterocycles. The number of carbonyl (C=O) groups excluding carboxylic acids is 3. The number of ether oxygens (including phenoxy) is 1. The van der Waals surface area contributed by atoms with Crippen molar-refractivity contribution in [2.45, 2.75) is 26.3 Å². The molecule has 122 valence electrons. The van der Waals surface area contributed by atoms with Gasteiger partial charge in [-0.25, -0.2) is 4.79 Å². The second-order valence-electron chi connectivity index (χ2n) is 5.37. The first-order valence-electron chi connectivity index (χ1n) is 7.26. The third-order valence-corrected chi connectivity index (χ3v) is 3.05. The van der Waals surface area contributed by atoms with Gasteiger partial charge in [0, 0.05) is 23.1 Å². The molecule has 23 heavy (non-hydrogen) atoms. The Kier molecular flexibility index (Phi) is 5.35. The molecule has 0 radical (unpaired) electrons. The van der Waals surface area contributed by atoms with Crippen molar-refractivity contribution >= 4 is 28.8 Å². The summed E-state index contributed by atoms with van der Waals surface area (Å²) in [7, 11) is 0. The van der Waals surface area contributed by atoms with Gasteiger partial charge < -0.3 is 15.0 Å². The average Bonchev–Trinajstić information content (AvgIpc) is 2.87. The fraction of sp³-hybridized carbons (Fsp3) is 0.312. The van der Waals surface area contributed by atoms with Gasteiger partial charge in [-0.1, -0.05) is 18.2 Å². The number of rotatable bonds is 5. The quantitative estimate of drug-likeness (QED) is 0.727. The van der Waals surface area contributed by atoms with E-state index in [-0.39, 0.29) is 12.5 Å². The van der Waals surface area contributed by atoms with Gasteiger partial charge >= 0.3 is 12.0 Å². The van der Waals surface area contributed by atoms with Crippen LogP contribution in [0.4, 0.5) is 4.79 Å². The summed E-state index contributed by atoms with van der Waals surface area (Å²) in [5.74, 6) is -1.20. The molecule has 0 unspecified atom stereocenters. The molecule has 1 heterocycles. The van der Waals surface area contributed by atoms with Crippen LogP contribution in [0, 0.1) is 0 Å². The Morgan fingerprint density at radius 3 is 2.70 bits per heavy atom. The molecule has 0 saturated carbocycles. The van der Waals surface area contributed by atoms with Crippen LogP contribution in [0.1, 0.15) is 19.4 Å². The van der Waals surface area contributed by atoms with Crippen LogP contribution in [0.25, 0.3) is 10.9 Å². The van der Waals surface area contributed by atoms with E-state index in [2.05, 4.69) is 15.6 Å². The van der Waals surface area contributed by atoms with Crippen LogP contribution in [0.3, 0.4) is 0 Å². The lowest BCUT2D eigenvalue weighted by Gasteiger charge is -2.09. The van der Waals surface area contributed by atoms with Crippen molar-refractivity contribution in [3.63, 3.8) is 0 Å². The number of H-pyrrole nitrogens is 1. The van der Waals surface area contributed by atoms with Crippen LogP contribution in [-0.4, -0.2) is 35.5 Å². The zero-order valence-electron chi connectivity index (χ0n) is 13.0. The minimum absolute atomic E-state index is 0.0511. The van der Waals surface area contributed by atoms with E-state index in [1.54, 1.807) is 20.0 Å². The largest absolute Gasteiger partial charge is 0.455 e. The first-order valence-corrected chi connectivity index (χ1v) is 7.26.